The van der Waals surface area contributed by atoms with Crippen LogP contribution in [0.15, 0.2) is 0 Å². The highest BCUT2D eigenvalue weighted by Gasteiger charge is 2.42. The van der Waals surface area contributed by atoms with Crippen molar-refractivity contribution < 1.29 is 49.4 Å². The van der Waals surface area contributed by atoms with Gasteiger partial charge in [-0.15, -0.1) is 0 Å². The Balaban J connectivity index is 4.70. The number of aliphatic carboxylic acids is 2. The van der Waals surface area contributed by atoms with E-state index >= 15 is 0 Å². The Kier molecular flexibility index (Phi) is 6.05. The SMILES string of the molecule is O=C(O)CC(O)(CC(=O)OC(=O)C(O)CO)C(=O)O. The minimum Gasteiger partial charge on any atom is -0.481 e. The number of hydrogen-bond donors (Lipinski definition) is 5. The van der Waals surface area contributed by atoms with Gasteiger partial charge in [0.05, 0.1) is 19.4 Å². The summed E-state index contributed by atoms with van der Waals surface area (Å²) in [6, 6.07) is 0. The Morgan fingerprint density at radius 3 is 2.00 bits per heavy atom. The van der Waals surface area contributed by atoms with E-state index in [1.165, 1.54) is 0 Å². The van der Waals surface area contributed by atoms with Crippen LogP contribution in [0.2, 0.25) is 0 Å². The van der Waals surface area contributed by atoms with Crippen LogP contribution in [0.4, 0.5) is 0 Å². The molecule has 0 saturated heterocycles. The number of ether oxygens (including phenoxy) is 1. The summed E-state index contributed by atoms with van der Waals surface area (Å²) in [5.74, 6) is -6.76. The molecule has 0 rings (SSSR count). The van der Waals surface area contributed by atoms with Gasteiger partial charge >= 0.3 is 23.9 Å². The first kappa shape index (κ1) is 17.0. The molecule has 0 spiro atoms. The van der Waals surface area contributed by atoms with Crippen LogP contribution in [0.1, 0.15) is 12.8 Å². The predicted molar refractivity (Wildman–Crippen MR) is 53.6 cm³/mol. The molecule has 5 N–H and O–H groups in total. The molecule has 0 heterocycles. The van der Waals surface area contributed by atoms with Crippen LogP contribution >= 0.6 is 0 Å². The lowest BCUT2D eigenvalue weighted by atomic mass is 9.96. The van der Waals surface area contributed by atoms with E-state index in [1.807, 2.05) is 0 Å². The molecule has 2 atom stereocenters. The normalized spacial score (nSPS) is 15.1. The van der Waals surface area contributed by atoms with E-state index in [4.69, 9.17) is 20.4 Å². The summed E-state index contributed by atoms with van der Waals surface area (Å²) in [5, 5.41) is 43.6. The van der Waals surface area contributed by atoms with Crippen LogP contribution in [0.25, 0.3) is 0 Å². The number of aliphatic hydroxyl groups is 3. The van der Waals surface area contributed by atoms with Crippen molar-refractivity contribution in [3.63, 3.8) is 0 Å². The molecular weight excluding hydrogens is 268 g/mol. The Hall–Kier alpha value is -2.04. The van der Waals surface area contributed by atoms with Crippen molar-refractivity contribution in [3.8, 4) is 0 Å². The van der Waals surface area contributed by atoms with Gasteiger partial charge in [0.25, 0.3) is 0 Å². The molecule has 10 heteroatoms. The smallest absolute Gasteiger partial charge is 0.345 e. The van der Waals surface area contributed by atoms with Gasteiger partial charge < -0.3 is 30.3 Å². The number of hydrogen-bond acceptors (Lipinski definition) is 8. The van der Waals surface area contributed by atoms with Crippen LogP contribution in [0.3, 0.4) is 0 Å². The van der Waals surface area contributed by atoms with Crippen molar-refractivity contribution in [3.05, 3.63) is 0 Å². The van der Waals surface area contributed by atoms with E-state index in [-0.39, 0.29) is 0 Å². The number of esters is 2. The third-order valence-corrected chi connectivity index (χ3v) is 1.94. The van der Waals surface area contributed by atoms with E-state index in [2.05, 4.69) is 4.74 Å². The van der Waals surface area contributed by atoms with Crippen molar-refractivity contribution in [2.75, 3.05) is 6.61 Å². The van der Waals surface area contributed by atoms with Crippen molar-refractivity contribution in [1.29, 1.82) is 0 Å². The third kappa shape index (κ3) is 5.42. The van der Waals surface area contributed by atoms with E-state index in [0.29, 0.717) is 0 Å². The van der Waals surface area contributed by atoms with E-state index in [1.54, 1.807) is 0 Å². The number of carbonyl (C=O) groups is 4. The largest absolute Gasteiger partial charge is 0.481 e. The van der Waals surface area contributed by atoms with Gasteiger partial charge in [-0.3, -0.25) is 9.59 Å². The van der Waals surface area contributed by atoms with Crippen LogP contribution in [-0.2, 0) is 23.9 Å². The summed E-state index contributed by atoms with van der Waals surface area (Å²) in [6.45, 7) is -1.02. The average molecular weight is 280 g/mol. The van der Waals surface area contributed by atoms with E-state index in [9.17, 15) is 24.3 Å². The van der Waals surface area contributed by atoms with E-state index in [0.717, 1.165) is 0 Å². The Morgan fingerprint density at radius 2 is 1.63 bits per heavy atom. The topological polar surface area (TPSA) is 179 Å². The second-order valence-corrected chi connectivity index (χ2v) is 3.58. The van der Waals surface area contributed by atoms with Crippen molar-refractivity contribution >= 4 is 23.9 Å². The fraction of sp³-hybridized carbons (Fsp3) is 0.556. The summed E-state index contributed by atoms with van der Waals surface area (Å²) in [6.07, 6.45) is -4.59. The molecule has 0 aromatic heterocycles. The van der Waals surface area contributed by atoms with Gasteiger partial charge in [0.15, 0.2) is 11.7 Å². The fourth-order valence-electron chi connectivity index (χ4n) is 0.994. The maximum atomic E-state index is 11.1. The van der Waals surface area contributed by atoms with Gasteiger partial charge in [-0.05, 0) is 0 Å². The third-order valence-electron chi connectivity index (χ3n) is 1.94. The molecule has 10 nitrogen and oxygen atoms in total. The van der Waals surface area contributed by atoms with Gasteiger partial charge in [0.2, 0.25) is 0 Å². The van der Waals surface area contributed by atoms with Gasteiger partial charge in [-0.2, -0.15) is 0 Å². The number of carboxylic acids is 2. The first-order chi connectivity index (χ1) is 8.62. The molecule has 0 aliphatic rings. The second-order valence-electron chi connectivity index (χ2n) is 3.58. The van der Waals surface area contributed by atoms with Crippen LogP contribution < -0.4 is 0 Å². The maximum Gasteiger partial charge on any atom is 0.345 e. The minimum atomic E-state index is -2.94. The summed E-state index contributed by atoms with van der Waals surface area (Å²) in [4.78, 5) is 43.0. The molecule has 0 fully saturated rings. The summed E-state index contributed by atoms with van der Waals surface area (Å²) >= 11 is 0. The molecule has 0 aromatic carbocycles. The van der Waals surface area contributed by atoms with Crippen molar-refractivity contribution in [2.45, 2.75) is 24.5 Å². The second kappa shape index (κ2) is 6.78. The standard InChI is InChI=1S/C9H12O10/c10-3-4(11)7(15)19-6(14)2-9(18,8(16)17)1-5(12)13/h4,10-11,18H,1-3H2,(H,12,13)(H,16,17). The lowest BCUT2D eigenvalue weighted by molar-refractivity contribution is -0.177. The Labute approximate surface area is 105 Å². The van der Waals surface area contributed by atoms with Crippen LogP contribution in [0, 0.1) is 0 Å². The zero-order valence-corrected chi connectivity index (χ0v) is 9.48. The molecule has 0 aromatic rings. The van der Waals surface area contributed by atoms with Gasteiger partial charge in [-0.25, -0.2) is 9.59 Å². The lowest BCUT2D eigenvalue weighted by Crippen LogP contribution is -2.43. The summed E-state index contributed by atoms with van der Waals surface area (Å²) in [5.41, 5.74) is -2.94. The highest BCUT2D eigenvalue weighted by molar-refractivity contribution is 5.93. The van der Waals surface area contributed by atoms with Gasteiger partial charge in [0, 0.05) is 0 Å². The quantitative estimate of drug-likeness (QED) is 0.239. The number of rotatable bonds is 7. The highest BCUT2D eigenvalue weighted by atomic mass is 16.6. The number of carbonyl (C=O) groups excluding carboxylic acids is 2. The highest BCUT2D eigenvalue weighted by Crippen LogP contribution is 2.17. The van der Waals surface area contributed by atoms with Crippen molar-refractivity contribution in [1.82, 2.24) is 0 Å². The molecule has 0 aliphatic carbocycles. The molecule has 2 unspecified atom stereocenters. The lowest BCUT2D eigenvalue weighted by Gasteiger charge is -2.20. The van der Waals surface area contributed by atoms with Gasteiger partial charge in [-0.1, -0.05) is 0 Å². The summed E-state index contributed by atoms with van der Waals surface area (Å²) < 4.78 is 3.93. The predicted octanol–water partition coefficient (Wildman–Crippen LogP) is -2.91. The molecule has 0 amide bonds. The average Bonchev–Trinajstić information content (AvgIpc) is 2.25. The molecule has 0 bridgehead atoms. The zero-order chi connectivity index (χ0) is 15.2. The molecule has 19 heavy (non-hydrogen) atoms. The molecular formula is C9H12O10. The van der Waals surface area contributed by atoms with E-state index < -0.39 is 55.0 Å². The number of carboxylic acid groups (broad SMARTS) is 2. The number of aliphatic hydroxyl groups excluding tert-OH is 2. The fourth-order valence-corrected chi connectivity index (χ4v) is 0.994. The molecule has 0 saturated carbocycles. The summed E-state index contributed by atoms with van der Waals surface area (Å²) in [7, 11) is 0. The molecule has 108 valence electrons. The van der Waals surface area contributed by atoms with Crippen LogP contribution in [-0.4, -0.2) is 67.7 Å². The van der Waals surface area contributed by atoms with Crippen molar-refractivity contribution in [2.24, 2.45) is 0 Å². The maximum absolute atomic E-state index is 11.1. The molecule has 0 aliphatic heterocycles. The minimum absolute atomic E-state index is 1.02. The van der Waals surface area contributed by atoms with Crippen LogP contribution in [0.5, 0.6) is 0 Å². The van der Waals surface area contributed by atoms with Gasteiger partial charge in [0.1, 0.15) is 0 Å². The first-order valence-electron chi connectivity index (χ1n) is 4.83. The monoisotopic (exact) mass is 280 g/mol. The zero-order valence-electron chi connectivity index (χ0n) is 9.48. The first-order valence-corrected chi connectivity index (χ1v) is 4.83. The Bertz CT molecular complexity index is 388. The molecule has 0 radical (unpaired) electrons. The Morgan fingerprint density at radius 1 is 1.11 bits per heavy atom.